The molecule has 1 N–H and O–H groups in total. The summed E-state index contributed by atoms with van der Waals surface area (Å²) in [5, 5.41) is 7.69. The lowest BCUT2D eigenvalue weighted by Gasteiger charge is -2.21. The normalized spacial score (nSPS) is 13.4. The second-order valence-corrected chi connectivity index (χ2v) is 4.60. The summed E-state index contributed by atoms with van der Waals surface area (Å²) in [5.41, 5.74) is 3.13. The molecule has 0 aliphatic carbocycles. The van der Waals surface area contributed by atoms with E-state index in [0.717, 1.165) is 28.4 Å². The molecule has 0 unspecified atom stereocenters. The second-order valence-electron chi connectivity index (χ2n) is 4.60. The van der Waals surface area contributed by atoms with Crippen molar-refractivity contribution in [3.05, 3.63) is 35.7 Å². The summed E-state index contributed by atoms with van der Waals surface area (Å²) in [6, 6.07) is 5.97. The van der Waals surface area contributed by atoms with E-state index in [-0.39, 0.29) is 0 Å². The van der Waals surface area contributed by atoms with Crippen LogP contribution in [0.5, 0.6) is 11.5 Å². The van der Waals surface area contributed by atoms with Gasteiger partial charge >= 0.3 is 0 Å². The maximum absolute atomic E-state index is 5.69. The standard InChI is InChI=1S/C14H17N3O2/c1-10-12(9-17(2)16-10)15-8-11-4-3-5-13-14(11)19-7-6-18-13/h3-5,9,15H,6-8H2,1-2H3. The van der Waals surface area contributed by atoms with Gasteiger partial charge in [-0.15, -0.1) is 0 Å². The zero-order valence-electron chi connectivity index (χ0n) is 11.1. The van der Waals surface area contributed by atoms with Crippen LogP contribution in [0, 0.1) is 6.92 Å². The SMILES string of the molecule is Cc1nn(C)cc1NCc1cccc2c1OCCO2. The summed E-state index contributed by atoms with van der Waals surface area (Å²) < 4.78 is 13.1. The Balaban J connectivity index is 1.78. The molecule has 1 aromatic heterocycles. The van der Waals surface area contributed by atoms with Crippen LogP contribution in [0.4, 0.5) is 5.69 Å². The average molecular weight is 259 g/mol. The molecule has 3 rings (SSSR count). The highest BCUT2D eigenvalue weighted by Gasteiger charge is 2.15. The maximum atomic E-state index is 5.69. The third kappa shape index (κ3) is 2.36. The number of hydrogen-bond acceptors (Lipinski definition) is 4. The molecule has 19 heavy (non-hydrogen) atoms. The van der Waals surface area contributed by atoms with E-state index in [2.05, 4.69) is 10.4 Å². The van der Waals surface area contributed by atoms with Crippen molar-refractivity contribution in [3.8, 4) is 11.5 Å². The van der Waals surface area contributed by atoms with Gasteiger partial charge in [-0.3, -0.25) is 4.68 Å². The van der Waals surface area contributed by atoms with Crippen molar-refractivity contribution < 1.29 is 9.47 Å². The van der Waals surface area contributed by atoms with Gasteiger partial charge in [-0.05, 0) is 13.0 Å². The van der Waals surface area contributed by atoms with Crippen LogP contribution in [0.25, 0.3) is 0 Å². The molecule has 1 aliphatic rings. The van der Waals surface area contributed by atoms with Gasteiger partial charge in [0.2, 0.25) is 0 Å². The first kappa shape index (κ1) is 11.9. The minimum absolute atomic E-state index is 0.607. The highest BCUT2D eigenvalue weighted by atomic mass is 16.6. The van der Waals surface area contributed by atoms with E-state index in [1.807, 2.05) is 38.4 Å². The number of hydrogen-bond donors (Lipinski definition) is 1. The predicted octanol–water partition coefficient (Wildman–Crippen LogP) is 2.11. The Morgan fingerprint density at radius 1 is 1.32 bits per heavy atom. The smallest absolute Gasteiger partial charge is 0.166 e. The van der Waals surface area contributed by atoms with Crippen molar-refractivity contribution in [1.29, 1.82) is 0 Å². The van der Waals surface area contributed by atoms with E-state index in [1.165, 1.54) is 0 Å². The monoisotopic (exact) mass is 259 g/mol. The van der Waals surface area contributed by atoms with Gasteiger partial charge in [-0.25, -0.2) is 0 Å². The first-order chi connectivity index (χ1) is 9.24. The van der Waals surface area contributed by atoms with Crippen LogP contribution in [0.2, 0.25) is 0 Å². The third-order valence-corrected chi connectivity index (χ3v) is 3.13. The summed E-state index contributed by atoms with van der Waals surface area (Å²) in [4.78, 5) is 0. The van der Waals surface area contributed by atoms with Crippen molar-refractivity contribution in [2.75, 3.05) is 18.5 Å². The Kier molecular flexibility index (Phi) is 3.03. The lowest BCUT2D eigenvalue weighted by Crippen LogP contribution is -2.17. The van der Waals surface area contributed by atoms with E-state index in [4.69, 9.17) is 9.47 Å². The van der Waals surface area contributed by atoms with E-state index < -0.39 is 0 Å². The fourth-order valence-electron chi connectivity index (χ4n) is 2.24. The summed E-state index contributed by atoms with van der Waals surface area (Å²) in [5.74, 6) is 1.68. The number of aromatic nitrogens is 2. The Hall–Kier alpha value is -2.17. The Labute approximate surface area is 112 Å². The van der Waals surface area contributed by atoms with Crippen LogP contribution in [0.1, 0.15) is 11.3 Å². The zero-order chi connectivity index (χ0) is 13.2. The zero-order valence-corrected chi connectivity index (χ0v) is 11.1. The number of rotatable bonds is 3. The van der Waals surface area contributed by atoms with E-state index in [0.29, 0.717) is 19.8 Å². The van der Waals surface area contributed by atoms with Crippen LogP contribution in [0.15, 0.2) is 24.4 Å². The first-order valence-corrected chi connectivity index (χ1v) is 6.35. The molecule has 1 aliphatic heterocycles. The largest absolute Gasteiger partial charge is 0.486 e. The van der Waals surface area contributed by atoms with Crippen molar-refractivity contribution in [3.63, 3.8) is 0 Å². The molecule has 0 amide bonds. The lowest BCUT2D eigenvalue weighted by molar-refractivity contribution is 0.170. The van der Waals surface area contributed by atoms with Gasteiger partial charge in [0, 0.05) is 25.4 Å². The van der Waals surface area contributed by atoms with Gasteiger partial charge in [-0.1, -0.05) is 12.1 Å². The summed E-state index contributed by atoms with van der Waals surface area (Å²) in [6.45, 7) is 3.91. The molecule has 100 valence electrons. The Morgan fingerprint density at radius 2 is 2.16 bits per heavy atom. The minimum atomic E-state index is 0.607. The van der Waals surface area contributed by atoms with Gasteiger partial charge in [0.1, 0.15) is 13.2 Å². The summed E-state index contributed by atoms with van der Waals surface area (Å²) in [6.07, 6.45) is 1.97. The average Bonchev–Trinajstić information content (AvgIpc) is 2.74. The van der Waals surface area contributed by atoms with Crippen LogP contribution in [0.3, 0.4) is 0 Å². The molecule has 0 bridgehead atoms. The highest BCUT2D eigenvalue weighted by Crippen LogP contribution is 2.34. The molecular formula is C14H17N3O2. The molecule has 5 nitrogen and oxygen atoms in total. The van der Waals surface area contributed by atoms with Crippen molar-refractivity contribution in [1.82, 2.24) is 9.78 Å². The van der Waals surface area contributed by atoms with Gasteiger partial charge in [0.05, 0.1) is 11.4 Å². The number of fused-ring (bicyclic) bond motifs is 1. The van der Waals surface area contributed by atoms with E-state index in [1.54, 1.807) is 4.68 Å². The van der Waals surface area contributed by atoms with Gasteiger partial charge in [0.25, 0.3) is 0 Å². The van der Waals surface area contributed by atoms with Crippen LogP contribution < -0.4 is 14.8 Å². The fraction of sp³-hybridized carbons (Fsp3) is 0.357. The molecule has 0 radical (unpaired) electrons. The highest BCUT2D eigenvalue weighted by molar-refractivity contribution is 5.51. The van der Waals surface area contributed by atoms with E-state index >= 15 is 0 Å². The van der Waals surface area contributed by atoms with Crippen LogP contribution in [-0.4, -0.2) is 23.0 Å². The molecular weight excluding hydrogens is 242 g/mol. The molecule has 2 aromatic rings. The quantitative estimate of drug-likeness (QED) is 0.917. The van der Waals surface area contributed by atoms with Gasteiger partial charge in [0.15, 0.2) is 11.5 Å². The van der Waals surface area contributed by atoms with Gasteiger partial charge in [-0.2, -0.15) is 5.10 Å². The summed E-state index contributed by atoms with van der Waals surface area (Å²) >= 11 is 0. The fourth-order valence-corrected chi connectivity index (χ4v) is 2.24. The van der Waals surface area contributed by atoms with Crippen molar-refractivity contribution >= 4 is 5.69 Å². The third-order valence-electron chi connectivity index (χ3n) is 3.13. The maximum Gasteiger partial charge on any atom is 0.166 e. The molecule has 0 atom stereocenters. The van der Waals surface area contributed by atoms with Gasteiger partial charge < -0.3 is 14.8 Å². The molecule has 5 heteroatoms. The molecule has 0 fully saturated rings. The number of aryl methyl sites for hydroxylation is 2. The number of nitrogens with zero attached hydrogens (tertiary/aromatic N) is 2. The van der Waals surface area contributed by atoms with Crippen molar-refractivity contribution in [2.24, 2.45) is 7.05 Å². The molecule has 2 heterocycles. The Morgan fingerprint density at radius 3 is 2.95 bits per heavy atom. The van der Waals surface area contributed by atoms with Crippen molar-refractivity contribution in [2.45, 2.75) is 13.5 Å². The van der Waals surface area contributed by atoms with E-state index in [9.17, 15) is 0 Å². The van der Waals surface area contributed by atoms with Crippen LogP contribution in [-0.2, 0) is 13.6 Å². The van der Waals surface area contributed by atoms with Crippen LogP contribution >= 0.6 is 0 Å². The number of benzene rings is 1. The first-order valence-electron chi connectivity index (χ1n) is 6.35. The number of nitrogens with one attached hydrogen (secondary N) is 1. The topological polar surface area (TPSA) is 48.3 Å². The Bertz CT molecular complexity index is 592. The molecule has 0 saturated heterocycles. The number of para-hydroxylation sites is 1. The number of anilines is 1. The summed E-state index contributed by atoms with van der Waals surface area (Å²) in [7, 11) is 1.92. The second kappa shape index (κ2) is 4.84. The molecule has 0 spiro atoms. The predicted molar refractivity (Wildman–Crippen MR) is 72.7 cm³/mol. The minimum Gasteiger partial charge on any atom is -0.486 e. The molecule has 0 saturated carbocycles. The molecule has 1 aromatic carbocycles. The lowest BCUT2D eigenvalue weighted by atomic mass is 10.1. The number of ether oxygens (including phenoxy) is 2.